The van der Waals surface area contributed by atoms with Crippen molar-refractivity contribution in [2.75, 3.05) is 7.11 Å². The molecule has 0 saturated carbocycles. The van der Waals surface area contributed by atoms with Gasteiger partial charge >= 0.3 is 0 Å². The Bertz CT molecular complexity index is 624. The molecule has 0 heterocycles. The van der Waals surface area contributed by atoms with Crippen molar-refractivity contribution in [3.05, 3.63) is 65.0 Å². The van der Waals surface area contributed by atoms with Crippen molar-refractivity contribution >= 4 is 0 Å². The molecule has 0 spiro atoms. The lowest BCUT2D eigenvalue weighted by molar-refractivity contribution is 0.0824. The minimum absolute atomic E-state index is 0.331. The SMILES string of the molecule is COc1ccc2c(c1)C(O)(c1cccc(F)c1)CC2. The van der Waals surface area contributed by atoms with Gasteiger partial charge in [-0.1, -0.05) is 18.2 Å². The second kappa shape index (κ2) is 4.35. The monoisotopic (exact) mass is 258 g/mol. The van der Waals surface area contributed by atoms with Crippen LogP contribution in [0.5, 0.6) is 5.75 Å². The van der Waals surface area contributed by atoms with Crippen molar-refractivity contribution in [3.8, 4) is 5.75 Å². The predicted octanol–water partition coefficient (Wildman–Crippen LogP) is 3.02. The van der Waals surface area contributed by atoms with Gasteiger partial charge in [0, 0.05) is 0 Å². The Morgan fingerprint density at radius 2 is 2.05 bits per heavy atom. The van der Waals surface area contributed by atoms with Crippen LogP contribution in [0.1, 0.15) is 23.1 Å². The average molecular weight is 258 g/mol. The Hall–Kier alpha value is -1.87. The van der Waals surface area contributed by atoms with E-state index in [0.29, 0.717) is 17.7 Å². The molecule has 0 bridgehead atoms. The molecule has 1 unspecified atom stereocenters. The van der Waals surface area contributed by atoms with E-state index >= 15 is 0 Å². The lowest BCUT2D eigenvalue weighted by Crippen LogP contribution is -2.24. The molecule has 0 saturated heterocycles. The number of aryl methyl sites for hydroxylation is 1. The summed E-state index contributed by atoms with van der Waals surface area (Å²) >= 11 is 0. The molecule has 98 valence electrons. The Morgan fingerprint density at radius 3 is 2.79 bits per heavy atom. The standard InChI is InChI=1S/C16H15FO2/c1-19-14-6-5-11-7-8-16(18,15(11)10-14)12-3-2-4-13(17)9-12/h2-6,9-10,18H,7-8H2,1H3. The highest BCUT2D eigenvalue weighted by atomic mass is 19.1. The molecular weight excluding hydrogens is 243 g/mol. The highest BCUT2D eigenvalue weighted by molar-refractivity contribution is 5.48. The molecular formula is C16H15FO2. The maximum absolute atomic E-state index is 13.4. The summed E-state index contributed by atoms with van der Waals surface area (Å²) in [5.74, 6) is 0.373. The number of hydrogen-bond acceptors (Lipinski definition) is 2. The van der Waals surface area contributed by atoms with Gasteiger partial charge in [0.1, 0.15) is 17.2 Å². The molecule has 2 aromatic carbocycles. The summed E-state index contributed by atoms with van der Waals surface area (Å²) in [5, 5.41) is 10.9. The third-order valence-electron chi connectivity index (χ3n) is 3.82. The van der Waals surface area contributed by atoms with Gasteiger partial charge in [-0.2, -0.15) is 0 Å². The van der Waals surface area contributed by atoms with E-state index in [9.17, 15) is 9.50 Å². The molecule has 0 aromatic heterocycles. The smallest absolute Gasteiger partial charge is 0.123 e. The summed E-state index contributed by atoms with van der Waals surface area (Å²) in [6.45, 7) is 0. The molecule has 0 amide bonds. The molecule has 1 atom stereocenters. The van der Waals surface area contributed by atoms with E-state index in [2.05, 4.69) is 0 Å². The maximum Gasteiger partial charge on any atom is 0.123 e. The number of ether oxygens (including phenoxy) is 1. The third kappa shape index (κ3) is 1.90. The molecule has 0 aliphatic heterocycles. The van der Waals surface area contributed by atoms with Gasteiger partial charge in [-0.15, -0.1) is 0 Å². The first-order chi connectivity index (χ1) is 9.13. The summed E-state index contributed by atoms with van der Waals surface area (Å²) in [7, 11) is 1.60. The number of halogens is 1. The Kier molecular flexibility index (Phi) is 2.79. The van der Waals surface area contributed by atoms with Gasteiger partial charge in [0.05, 0.1) is 7.11 Å². The zero-order valence-electron chi connectivity index (χ0n) is 10.7. The van der Waals surface area contributed by atoms with Crippen LogP contribution >= 0.6 is 0 Å². The molecule has 3 rings (SSSR count). The Balaban J connectivity index is 2.13. The first-order valence-electron chi connectivity index (χ1n) is 6.29. The molecule has 2 nitrogen and oxygen atoms in total. The summed E-state index contributed by atoms with van der Waals surface area (Å²) in [6.07, 6.45) is 1.35. The van der Waals surface area contributed by atoms with Crippen molar-refractivity contribution < 1.29 is 14.2 Å². The van der Waals surface area contributed by atoms with Crippen molar-refractivity contribution in [1.29, 1.82) is 0 Å². The fourth-order valence-electron chi connectivity index (χ4n) is 2.78. The van der Waals surface area contributed by atoms with Crippen molar-refractivity contribution in [1.82, 2.24) is 0 Å². The highest BCUT2D eigenvalue weighted by Crippen LogP contribution is 2.43. The van der Waals surface area contributed by atoms with Crippen LogP contribution in [0, 0.1) is 5.82 Å². The zero-order chi connectivity index (χ0) is 13.5. The van der Waals surface area contributed by atoms with E-state index in [0.717, 1.165) is 17.5 Å². The number of aliphatic hydroxyl groups is 1. The van der Waals surface area contributed by atoms with Crippen molar-refractivity contribution in [3.63, 3.8) is 0 Å². The second-order valence-electron chi connectivity index (χ2n) is 4.89. The van der Waals surface area contributed by atoms with E-state index in [1.54, 1.807) is 19.2 Å². The van der Waals surface area contributed by atoms with Crippen LogP contribution in [0.25, 0.3) is 0 Å². The zero-order valence-corrected chi connectivity index (χ0v) is 10.7. The minimum Gasteiger partial charge on any atom is -0.497 e. The number of methoxy groups -OCH3 is 1. The topological polar surface area (TPSA) is 29.5 Å². The van der Waals surface area contributed by atoms with E-state index in [1.165, 1.54) is 12.1 Å². The van der Waals surface area contributed by atoms with Crippen LogP contribution < -0.4 is 4.74 Å². The predicted molar refractivity (Wildman–Crippen MR) is 70.7 cm³/mol. The van der Waals surface area contributed by atoms with E-state index < -0.39 is 5.60 Å². The lowest BCUT2D eigenvalue weighted by atomic mass is 9.88. The van der Waals surface area contributed by atoms with Gasteiger partial charge < -0.3 is 9.84 Å². The van der Waals surface area contributed by atoms with E-state index in [-0.39, 0.29) is 5.82 Å². The first-order valence-corrected chi connectivity index (χ1v) is 6.29. The summed E-state index contributed by atoms with van der Waals surface area (Å²) in [5.41, 5.74) is 1.39. The van der Waals surface area contributed by atoms with Gasteiger partial charge in [-0.25, -0.2) is 4.39 Å². The molecule has 1 N–H and O–H groups in total. The fraction of sp³-hybridized carbons (Fsp3) is 0.250. The average Bonchev–Trinajstić information content (AvgIpc) is 2.77. The second-order valence-corrected chi connectivity index (χ2v) is 4.89. The summed E-state index contributed by atoms with van der Waals surface area (Å²) < 4.78 is 18.6. The van der Waals surface area contributed by atoms with Crippen LogP contribution in [0.15, 0.2) is 42.5 Å². The van der Waals surface area contributed by atoms with Crippen molar-refractivity contribution in [2.45, 2.75) is 18.4 Å². The fourth-order valence-corrected chi connectivity index (χ4v) is 2.78. The molecule has 1 aliphatic rings. The highest BCUT2D eigenvalue weighted by Gasteiger charge is 2.38. The van der Waals surface area contributed by atoms with Gasteiger partial charge in [0.25, 0.3) is 0 Å². The summed E-state index contributed by atoms with van der Waals surface area (Å²) in [4.78, 5) is 0. The minimum atomic E-state index is -1.12. The maximum atomic E-state index is 13.4. The number of benzene rings is 2. The quantitative estimate of drug-likeness (QED) is 0.897. The van der Waals surface area contributed by atoms with Crippen LogP contribution in [-0.2, 0) is 12.0 Å². The Morgan fingerprint density at radius 1 is 1.21 bits per heavy atom. The molecule has 3 heteroatoms. The molecule has 2 aromatic rings. The largest absolute Gasteiger partial charge is 0.497 e. The van der Waals surface area contributed by atoms with Gasteiger partial charge in [0.15, 0.2) is 0 Å². The number of hydrogen-bond donors (Lipinski definition) is 1. The van der Waals surface area contributed by atoms with Gasteiger partial charge in [-0.3, -0.25) is 0 Å². The molecule has 19 heavy (non-hydrogen) atoms. The van der Waals surface area contributed by atoms with Crippen LogP contribution in [0.2, 0.25) is 0 Å². The van der Waals surface area contributed by atoms with Crippen LogP contribution in [-0.4, -0.2) is 12.2 Å². The summed E-state index contributed by atoms with van der Waals surface area (Å²) in [6, 6.07) is 11.9. The van der Waals surface area contributed by atoms with Gasteiger partial charge in [0.2, 0.25) is 0 Å². The number of rotatable bonds is 2. The first kappa shape index (κ1) is 12.2. The van der Waals surface area contributed by atoms with Crippen LogP contribution in [0.3, 0.4) is 0 Å². The third-order valence-corrected chi connectivity index (χ3v) is 3.82. The van der Waals surface area contributed by atoms with E-state index in [4.69, 9.17) is 4.74 Å². The normalized spacial score (nSPS) is 21.2. The number of fused-ring (bicyclic) bond motifs is 1. The van der Waals surface area contributed by atoms with Crippen LogP contribution in [0.4, 0.5) is 4.39 Å². The van der Waals surface area contributed by atoms with E-state index in [1.807, 2.05) is 18.2 Å². The molecule has 1 aliphatic carbocycles. The Labute approximate surface area is 111 Å². The van der Waals surface area contributed by atoms with Crippen molar-refractivity contribution in [2.24, 2.45) is 0 Å². The molecule has 0 radical (unpaired) electrons. The lowest BCUT2D eigenvalue weighted by Gasteiger charge is -2.25. The molecule has 0 fully saturated rings. The van der Waals surface area contributed by atoms with Gasteiger partial charge in [-0.05, 0) is 53.8 Å².